The van der Waals surface area contributed by atoms with E-state index in [1.54, 1.807) is 0 Å². The second-order valence-corrected chi connectivity index (χ2v) is 5.51. The van der Waals surface area contributed by atoms with Crippen LogP contribution < -0.4 is 5.32 Å². The van der Waals surface area contributed by atoms with Crippen LogP contribution in [0.2, 0.25) is 0 Å². The van der Waals surface area contributed by atoms with Gasteiger partial charge in [0.15, 0.2) is 0 Å². The third-order valence-corrected chi connectivity index (χ3v) is 4.02. The molecule has 2 aromatic rings. The van der Waals surface area contributed by atoms with Crippen LogP contribution in [-0.2, 0) is 30.9 Å². The van der Waals surface area contributed by atoms with Crippen LogP contribution in [0.3, 0.4) is 0 Å². The summed E-state index contributed by atoms with van der Waals surface area (Å²) in [5.74, 6) is 0.927. The van der Waals surface area contributed by atoms with Gasteiger partial charge in [-0.05, 0) is 33.6 Å². The first-order valence-electron chi connectivity index (χ1n) is 6.45. The Morgan fingerprint density at radius 3 is 3.15 bits per heavy atom. The zero-order chi connectivity index (χ0) is 13.9. The summed E-state index contributed by atoms with van der Waals surface area (Å²) in [6.45, 7) is 1.84. The lowest BCUT2D eigenvalue weighted by Crippen LogP contribution is -2.11. The van der Waals surface area contributed by atoms with Gasteiger partial charge >= 0.3 is 0 Å². The van der Waals surface area contributed by atoms with Crippen molar-refractivity contribution in [1.82, 2.24) is 5.16 Å². The molecule has 6 heteroatoms. The lowest BCUT2D eigenvalue weighted by atomic mass is 10.1. The van der Waals surface area contributed by atoms with Gasteiger partial charge in [0, 0.05) is 22.1 Å². The molecule has 1 aliphatic rings. The smallest absolute Gasteiger partial charge is 0.144 e. The van der Waals surface area contributed by atoms with Crippen LogP contribution in [0.1, 0.15) is 22.6 Å². The molecule has 0 atom stereocenters. The van der Waals surface area contributed by atoms with Crippen molar-refractivity contribution in [2.24, 2.45) is 0 Å². The van der Waals surface area contributed by atoms with Crippen molar-refractivity contribution in [1.29, 1.82) is 0 Å². The van der Waals surface area contributed by atoms with Crippen LogP contribution in [0.4, 0.5) is 5.69 Å². The number of aliphatic hydroxyl groups excluding tert-OH is 1. The van der Waals surface area contributed by atoms with Gasteiger partial charge in [-0.25, -0.2) is 0 Å². The summed E-state index contributed by atoms with van der Waals surface area (Å²) in [6.07, 6.45) is 0.784. The van der Waals surface area contributed by atoms with Crippen molar-refractivity contribution < 1.29 is 14.4 Å². The molecule has 0 saturated heterocycles. The minimum absolute atomic E-state index is 0.0230. The summed E-state index contributed by atoms with van der Waals surface area (Å²) in [4.78, 5) is 0. The molecule has 1 aromatic heterocycles. The molecule has 3 rings (SSSR count). The van der Waals surface area contributed by atoms with E-state index in [0.29, 0.717) is 19.8 Å². The van der Waals surface area contributed by atoms with Gasteiger partial charge in [-0.1, -0.05) is 11.2 Å². The number of anilines is 1. The molecular weight excluding hydrogens is 324 g/mol. The van der Waals surface area contributed by atoms with E-state index in [2.05, 4.69) is 26.4 Å². The number of nitrogens with one attached hydrogen (secondary N) is 1. The number of rotatable bonds is 4. The van der Waals surface area contributed by atoms with Gasteiger partial charge in [-0.15, -0.1) is 0 Å². The normalized spacial score (nSPS) is 14.1. The molecule has 106 valence electrons. The van der Waals surface area contributed by atoms with E-state index in [0.717, 1.165) is 39.2 Å². The van der Waals surface area contributed by atoms with E-state index in [9.17, 15) is 5.11 Å². The molecular formula is C14H15BrN2O3. The van der Waals surface area contributed by atoms with Gasteiger partial charge in [-0.3, -0.25) is 0 Å². The predicted octanol–water partition coefficient (Wildman–Crippen LogP) is 2.61. The number of fused-ring (bicyclic) bond motifs is 1. The Morgan fingerprint density at radius 1 is 1.40 bits per heavy atom. The second kappa shape index (κ2) is 5.95. The Bertz CT molecular complexity index is 612. The highest BCUT2D eigenvalue weighted by molar-refractivity contribution is 9.10. The standard InChI is InChI=1S/C14H15BrN2O3/c15-11-2-1-9(7-18)5-12(11)16-6-13-10-8-19-4-3-14(10)20-17-13/h1-2,5,16,18H,3-4,6-8H2. The van der Waals surface area contributed by atoms with Gasteiger partial charge < -0.3 is 19.7 Å². The first kappa shape index (κ1) is 13.6. The van der Waals surface area contributed by atoms with E-state index < -0.39 is 0 Å². The molecule has 0 aliphatic carbocycles. The summed E-state index contributed by atoms with van der Waals surface area (Å²) in [5.41, 5.74) is 3.71. The molecule has 1 aromatic carbocycles. The molecule has 2 N–H and O–H groups in total. The summed E-state index contributed by atoms with van der Waals surface area (Å²) in [6, 6.07) is 5.70. The van der Waals surface area contributed by atoms with Crippen molar-refractivity contribution in [2.75, 3.05) is 11.9 Å². The van der Waals surface area contributed by atoms with E-state index in [4.69, 9.17) is 9.26 Å². The average Bonchev–Trinajstić information content (AvgIpc) is 2.90. The quantitative estimate of drug-likeness (QED) is 0.896. The highest BCUT2D eigenvalue weighted by Crippen LogP contribution is 2.26. The van der Waals surface area contributed by atoms with Gasteiger partial charge in [0.05, 0.1) is 26.4 Å². The number of halogens is 1. The van der Waals surface area contributed by atoms with E-state index in [-0.39, 0.29) is 6.61 Å². The Hall–Kier alpha value is -1.37. The first-order chi connectivity index (χ1) is 9.78. The first-order valence-corrected chi connectivity index (χ1v) is 7.24. The van der Waals surface area contributed by atoms with Crippen LogP contribution in [0.15, 0.2) is 27.2 Å². The Balaban J connectivity index is 1.75. The third-order valence-electron chi connectivity index (χ3n) is 3.33. The molecule has 0 unspecified atom stereocenters. The Kier molecular flexibility index (Phi) is 4.05. The maximum Gasteiger partial charge on any atom is 0.144 e. The topological polar surface area (TPSA) is 67.5 Å². The van der Waals surface area contributed by atoms with Crippen LogP contribution in [0.5, 0.6) is 0 Å². The number of benzene rings is 1. The highest BCUT2D eigenvalue weighted by atomic mass is 79.9. The zero-order valence-corrected chi connectivity index (χ0v) is 12.4. The molecule has 2 heterocycles. The Morgan fingerprint density at radius 2 is 2.30 bits per heavy atom. The molecule has 0 fully saturated rings. The fraction of sp³-hybridized carbons (Fsp3) is 0.357. The van der Waals surface area contributed by atoms with Gasteiger partial charge in [0.25, 0.3) is 0 Å². The highest BCUT2D eigenvalue weighted by Gasteiger charge is 2.19. The number of hydrogen-bond acceptors (Lipinski definition) is 5. The molecule has 0 spiro atoms. The minimum atomic E-state index is 0.0230. The maximum absolute atomic E-state index is 9.18. The molecule has 1 aliphatic heterocycles. The summed E-state index contributed by atoms with van der Waals surface area (Å²) in [7, 11) is 0. The minimum Gasteiger partial charge on any atom is -0.392 e. The zero-order valence-electron chi connectivity index (χ0n) is 10.9. The predicted molar refractivity (Wildman–Crippen MR) is 77.3 cm³/mol. The summed E-state index contributed by atoms with van der Waals surface area (Å²) < 4.78 is 11.7. The lowest BCUT2D eigenvalue weighted by Gasteiger charge is -2.12. The molecule has 0 bridgehead atoms. The SMILES string of the molecule is OCc1ccc(Br)c(NCc2noc3c2COCC3)c1. The number of aromatic nitrogens is 1. The third kappa shape index (κ3) is 2.72. The van der Waals surface area contributed by atoms with Gasteiger partial charge in [0.2, 0.25) is 0 Å². The van der Waals surface area contributed by atoms with E-state index >= 15 is 0 Å². The number of nitrogens with zero attached hydrogens (tertiary/aromatic N) is 1. The van der Waals surface area contributed by atoms with Crippen LogP contribution in [0, 0.1) is 0 Å². The number of ether oxygens (including phenoxy) is 1. The monoisotopic (exact) mass is 338 g/mol. The van der Waals surface area contributed by atoms with E-state index in [1.165, 1.54) is 0 Å². The Labute approximate surface area is 125 Å². The molecule has 20 heavy (non-hydrogen) atoms. The van der Waals surface area contributed by atoms with Crippen molar-refractivity contribution >= 4 is 21.6 Å². The van der Waals surface area contributed by atoms with Crippen LogP contribution in [-0.4, -0.2) is 16.9 Å². The van der Waals surface area contributed by atoms with Crippen molar-refractivity contribution in [3.63, 3.8) is 0 Å². The van der Waals surface area contributed by atoms with Crippen LogP contribution >= 0.6 is 15.9 Å². The lowest BCUT2D eigenvalue weighted by molar-refractivity contribution is 0.102. The van der Waals surface area contributed by atoms with Gasteiger partial charge in [0.1, 0.15) is 11.5 Å². The molecule has 0 saturated carbocycles. The van der Waals surface area contributed by atoms with Crippen molar-refractivity contribution in [2.45, 2.75) is 26.2 Å². The van der Waals surface area contributed by atoms with Crippen molar-refractivity contribution in [3.05, 3.63) is 45.3 Å². The number of hydrogen-bond donors (Lipinski definition) is 2. The number of aliphatic hydroxyl groups is 1. The second-order valence-electron chi connectivity index (χ2n) is 4.66. The van der Waals surface area contributed by atoms with Gasteiger partial charge in [-0.2, -0.15) is 0 Å². The van der Waals surface area contributed by atoms with Crippen LogP contribution in [0.25, 0.3) is 0 Å². The largest absolute Gasteiger partial charge is 0.392 e. The molecule has 0 radical (unpaired) electrons. The average molecular weight is 339 g/mol. The summed E-state index contributed by atoms with van der Waals surface area (Å²) in [5, 5.41) is 16.6. The fourth-order valence-corrected chi connectivity index (χ4v) is 2.59. The molecule has 5 nitrogen and oxygen atoms in total. The fourth-order valence-electron chi connectivity index (χ4n) is 2.20. The van der Waals surface area contributed by atoms with Crippen molar-refractivity contribution in [3.8, 4) is 0 Å². The van der Waals surface area contributed by atoms with E-state index in [1.807, 2.05) is 18.2 Å². The molecule has 0 amide bonds. The summed E-state index contributed by atoms with van der Waals surface area (Å²) >= 11 is 3.49. The maximum atomic E-state index is 9.18.